The van der Waals surface area contributed by atoms with Gasteiger partial charge in [-0.3, -0.25) is 4.79 Å². The molecule has 1 aromatic heterocycles. The summed E-state index contributed by atoms with van der Waals surface area (Å²) in [4.78, 5) is 30.3. The van der Waals surface area contributed by atoms with Crippen molar-refractivity contribution in [3.63, 3.8) is 0 Å². The first-order valence-corrected chi connectivity index (χ1v) is 13.7. The first-order chi connectivity index (χ1) is 16.0. The molecule has 1 saturated heterocycles. The topological polar surface area (TPSA) is 58.6 Å². The normalized spacial score (nSPS) is 19.0. The van der Waals surface area contributed by atoms with Crippen LogP contribution >= 0.6 is 11.3 Å². The maximum atomic E-state index is 13.9. The van der Waals surface area contributed by atoms with Gasteiger partial charge >= 0.3 is 5.97 Å². The predicted molar refractivity (Wildman–Crippen MR) is 138 cm³/mol. The van der Waals surface area contributed by atoms with Gasteiger partial charge < -0.3 is 15.0 Å². The standard InChI is InChI=1S/C27H42N2O3S/c1-5-19(2)10-9-11-20(3)26(30)29(22-14-16-28-17-15-22)23-18-24(21-12-7-6-8-13-21)33-25(23)27(31)32-4/h12,18-20,22,28H,5-11,13-17H2,1-4H3. The van der Waals surface area contributed by atoms with Gasteiger partial charge in [0, 0.05) is 16.8 Å². The number of hydrogen-bond donors (Lipinski definition) is 1. The highest BCUT2D eigenvalue weighted by Gasteiger charge is 2.34. The van der Waals surface area contributed by atoms with E-state index in [0.29, 0.717) is 10.8 Å². The number of methoxy groups -OCH3 is 1. The Morgan fingerprint density at radius 2 is 1.97 bits per heavy atom. The molecule has 2 atom stereocenters. The second-order valence-electron chi connectivity index (χ2n) is 9.83. The number of piperidine rings is 1. The van der Waals surface area contributed by atoms with Crippen LogP contribution in [0.2, 0.25) is 0 Å². The quantitative estimate of drug-likeness (QED) is 0.397. The number of amides is 1. The molecule has 2 heterocycles. The van der Waals surface area contributed by atoms with Gasteiger partial charge in [0.25, 0.3) is 0 Å². The first kappa shape index (κ1) is 26.0. The molecule has 1 amide bonds. The Kier molecular flexibility index (Phi) is 9.99. The molecule has 0 saturated carbocycles. The molecule has 0 aromatic carbocycles. The second-order valence-corrected chi connectivity index (χ2v) is 10.9. The highest BCUT2D eigenvalue weighted by atomic mass is 32.1. The third-order valence-corrected chi connectivity index (χ3v) is 8.49. The van der Waals surface area contributed by atoms with Crippen molar-refractivity contribution in [2.75, 3.05) is 25.1 Å². The molecule has 2 unspecified atom stereocenters. The van der Waals surface area contributed by atoms with Crippen LogP contribution in [-0.4, -0.2) is 38.1 Å². The first-order valence-electron chi connectivity index (χ1n) is 12.9. The Hall–Kier alpha value is -1.66. The van der Waals surface area contributed by atoms with Crippen LogP contribution in [0.3, 0.4) is 0 Å². The van der Waals surface area contributed by atoms with Crippen molar-refractivity contribution in [1.29, 1.82) is 0 Å². The molecule has 0 bridgehead atoms. The molecular weight excluding hydrogens is 432 g/mol. The third-order valence-electron chi connectivity index (χ3n) is 7.31. The van der Waals surface area contributed by atoms with Gasteiger partial charge in [0.05, 0.1) is 12.8 Å². The smallest absolute Gasteiger partial charge is 0.350 e. The van der Waals surface area contributed by atoms with Gasteiger partial charge in [-0.2, -0.15) is 0 Å². The Morgan fingerprint density at radius 1 is 1.21 bits per heavy atom. The third kappa shape index (κ3) is 6.69. The van der Waals surface area contributed by atoms with E-state index in [0.717, 1.165) is 68.6 Å². The lowest BCUT2D eigenvalue weighted by Crippen LogP contribution is -2.48. The lowest BCUT2D eigenvalue weighted by atomic mass is 9.94. The van der Waals surface area contributed by atoms with E-state index < -0.39 is 0 Å². The SMILES string of the molecule is CCC(C)CCCC(C)C(=O)N(c1cc(C2=CCCCC2)sc1C(=O)OC)C1CCNCC1. The molecule has 0 spiro atoms. The number of thiophene rings is 1. The largest absolute Gasteiger partial charge is 0.465 e. The minimum Gasteiger partial charge on any atom is -0.465 e. The number of nitrogens with one attached hydrogen (secondary N) is 1. The highest BCUT2D eigenvalue weighted by Crippen LogP contribution is 2.40. The lowest BCUT2D eigenvalue weighted by molar-refractivity contribution is -0.122. The van der Waals surface area contributed by atoms with E-state index in [4.69, 9.17) is 4.74 Å². The van der Waals surface area contributed by atoms with Crippen molar-refractivity contribution >= 4 is 34.5 Å². The van der Waals surface area contributed by atoms with Crippen LogP contribution in [0.25, 0.3) is 5.57 Å². The zero-order valence-electron chi connectivity index (χ0n) is 21.0. The second kappa shape index (κ2) is 12.7. The Morgan fingerprint density at radius 3 is 2.61 bits per heavy atom. The van der Waals surface area contributed by atoms with Crippen molar-refractivity contribution < 1.29 is 14.3 Å². The summed E-state index contributed by atoms with van der Waals surface area (Å²) in [6.45, 7) is 8.35. The number of carbonyl (C=O) groups excluding carboxylic acids is 2. The molecule has 1 N–H and O–H groups in total. The van der Waals surface area contributed by atoms with Gasteiger partial charge in [0.1, 0.15) is 4.88 Å². The molecule has 1 aromatic rings. The van der Waals surface area contributed by atoms with Crippen LogP contribution in [0.5, 0.6) is 0 Å². The molecule has 6 heteroatoms. The minimum atomic E-state index is -0.339. The van der Waals surface area contributed by atoms with E-state index in [2.05, 4.69) is 38.2 Å². The van der Waals surface area contributed by atoms with Crippen LogP contribution in [-0.2, 0) is 9.53 Å². The monoisotopic (exact) mass is 474 g/mol. The fourth-order valence-electron chi connectivity index (χ4n) is 4.92. The number of rotatable bonds is 10. The van der Waals surface area contributed by atoms with Gasteiger partial charge in [-0.1, -0.05) is 46.1 Å². The van der Waals surface area contributed by atoms with Gasteiger partial charge in [-0.15, -0.1) is 11.3 Å². The average molecular weight is 475 g/mol. The fourth-order valence-corrected chi connectivity index (χ4v) is 6.05. The van der Waals surface area contributed by atoms with E-state index >= 15 is 0 Å². The van der Waals surface area contributed by atoms with E-state index in [-0.39, 0.29) is 23.8 Å². The lowest BCUT2D eigenvalue weighted by Gasteiger charge is -2.36. The summed E-state index contributed by atoms with van der Waals surface area (Å²) in [6.07, 6.45) is 12.9. The Balaban J connectivity index is 1.92. The highest BCUT2D eigenvalue weighted by molar-refractivity contribution is 7.15. The van der Waals surface area contributed by atoms with Crippen LogP contribution in [0, 0.1) is 11.8 Å². The molecule has 184 valence electrons. The summed E-state index contributed by atoms with van der Waals surface area (Å²) in [5, 5.41) is 3.41. The molecule has 1 aliphatic carbocycles. The van der Waals surface area contributed by atoms with Crippen LogP contribution in [0.4, 0.5) is 5.69 Å². The van der Waals surface area contributed by atoms with Crippen LogP contribution in [0.15, 0.2) is 12.1 Å². The van der Waals surface area contributed by atoms with Crippen molar-refractivity contribution in [1.82, 2.24) is 5.32 Å². The van der Waals surface area contributed by atoms with Crippen molar-refractivity contribution in [2.45, 2.75) is 91.0 Å². The number of anilines is 1. The zero-order valence-corrected chi connectivity index (χ0v) is 21.8. The number of hydrogen-bond acceptors (Lipinski definition) is 5. The number of esters is 1. The fraction of sp³-hybridized carbons (Fsp3) is 0.704. The van der Waals surface area contributed by atoms with Crippen LogP contribution < -0.4 is 10.2 Å². The number of nitrogens with zero attached hydrogens (tertiary/aromatic N) is 1. The Bertz CT molecular complexity index is 825. The van der Waals surface area contributed by atoms with Gasteiger partial charge in [-0.25, -0.2) is 4.79 Å². The van der Waals surface area contributed by atoms with Crippen LogP contribution in [0.1, 0.15) is 99.5 Å². The zero-order chi connectivity index (χ0) is 23.8. The van der Waals surface area contributed by atoms with Crippen molar-refractivity contribution in [2.24, 2.45) is 11.8 Å². The van der Waals surface area contributed by atoms with Crippen molar-refractivity contribution in [3.8, 4) is 0 Å². The van der Waals surface area contributed by atoms with E-state index in [1.807, 2.05) is 4.90 Å². The molecule has 1 aliphatic heterocycles. The molecular formula is C27H42N2O3S. The van der Waals surface area contributed by atoms with E-state index in [1.165, 1.54) is 43.3 Å². The molecule has 5 nitrogen and oxygen atoms in total. The number of carbonyl (C=O) groups is 2. The summed E-state index contributed by atoms with van der Waals surface area (Å²) in [5.74, 6) is 0.445. The summed E-state index contributed by atoms with van der Waals surface area (Å²) >= 11 is 1.49. The molecule has 33 heavy (non-hydrogen) atoms. The van der Waals surface area contributed by atoms with Gasteiger partial charge in [-0.05, 0) is 75.6 Å². The Labute approximate surface area is 204 Å². The molecule has 1 fully saturated rings. The average Bonchev–Trinajstić information content (AvgIpc) is 3.29. The maximum Gasteiger partial charge on any atom is 0.350 e. The predicted octanol–water partition coefficient (Wildman–Crippen LogP) is 6.43. The molecule has 3 rings (SSSR count). The van der Waals surface area contributed by atoms with E-state index in [9.17, 15) is 9.59 Å². The summed E-state index contributed by atoms with van der Waals surface area (Å²) < 4.78 is 5.16. The van der Waals surface area contributed by atoms with E-state index in [1.54, 1.807) is 0 Å². The van der Waals surface area contributed by atoms with Gasteiger partial charge in [0.2, 0.25) is 5.91 Å². The summed E-state index contributed by atoms with van der Waals surface area (Å²) in [5.41, 5.74) is 2.07. The summed E-state index contributed by atoms with van der Waals surface area (Å²) in [7, 11) is 1.43. The molecule has 0 radical (unpaired) electrons. The summed E-state index contributed by atoms with van der Waals surface area (Å²) in [6, 6.07) is 2.21. The number of allylic oxidation sites excluding steroid dienone is 2. The van der Waals surface area contributed by atoms with Crippen molar-refractivity contribution in [3.05, 3.63) is 21.9 Å². The minimum absolute atomic E-state index is 0.0633. The molecule has 2 aliphatic rings. The number of ether oxygens (including phenoxy) is 1. The van der Waals surface area contributed by atoms with Gasteiger partial charge in [0.15, 0.2) is 0 Å². The maximum absolute atomic E-state index is 13.9.